The van der Waals surface area contributed by atoms with E-state index in [0.29, 0.717) is 35.1 Å². The molecule has 1 aromatic carbocycles. The van der Waals surface area contributed by atoms with Gasteiger partial charge in [0.05, 0.1) is 27.6 Å². The highest BCUT2D eigenvalue weighted by Gasteiger charge is 2.31. The van der Waals surface area contributed by atoms with E-state index in [9.17, 15) is 24.3 Å². The molecular weight excluding hydrogens is 733 g/mol. The monoisotopic (exact) mass is 756 g/mol. The van der Waals surface area contributed by atoms with Gasteiger partial charge < -0.3 is 20.0 Å². The number of carboxylic acid groups (broad SMARTS) is 2. The molecule has 0 saturated heterocycles. The minimum atomic E-state index is -1.14. The molecule has 2 amide bonds. The first kappa shape index (κ1) is 27.3. The average molecular weight is 756 g/mol. The Balaban J connectivity index is 3.68. The van der Waals surface area contributed by atoms with E-state index in [1.54, 1.807) is 7.05 Å². The van der Waals surface area contributed by atoms with E-state index in [-0.39, 0.29) is 36.6 Å². The number of benzene rings is 1. The Morgan fingerprint density at radius 1 is 0.900 bits per heavy atom. The number of hydrogen-bond acceptors (Lipinski definition) is 4. The van der Waals surface area contributed by atoms with Crippen molar-refractivity contribution in [2.24, 2.45) is 0 Å². The minimum Gasteiger partial charge on any atom is -0.481 e. The third-order valence-electron chi connectivity index (χ3n) is 4.38. The lowest BCUT2D eigenvalue weighted by Gasteiger charge is -2.30. The molecule has 166 valence electrons. The number of carboxylic acids is 2. The highest BCUT2D eigenvalue weighted by Crippen LogP contribution is 2.42. The maximum Gasteiger partial charge on any atom is 0.338 e. The van der Waals surface area contributed by atoms with E-state index in [1.165, 1.54) is 16.7 Å². The molecule has 0 bridgehead atoms. The first-order valence-corrected chi connectivity index (χ1v) is 12.4. The highest BCUT2D eigenvalue weighted by molar-refractivity contribution is 14.1. The topological polar surface area (TPSA) is 115 Å². The Morgan fingerprint density at radius 2 is 1.47 bits per heavy atom. The van der Waals surface area contributed by atoms with Gasteiger partial charge in [0.2, 0.25) is 11.8 Å². The summed E-state index contributed by atoms with van der Waals surface area (Å²) in [6.45, 7) is 3.74. The fraction of sp³-hybridized carbons (Fsp3) is 0.474. The number of nitrogens with zero attached hydrogens (tertiary/aromatic N) is 2. The van der Waals surface area contributed by atoms with Gasteiger partial charge in [0.25, 0.3) is 0 Å². The fourth-order valence-corrected chi connectivity index (χ4v) is 7.65. The predicted octanol–water partition coefficient (Wildman–Crippen LogP) is 4.57. The Labute approximate surface area is 216 Å². The summed E-state index contributed by atoms with van der Waals surface area (Å²) >= 11 is 5.90. The molecule has 0 atom stereocenters. The molecule has 0 fully saturated rings. The standard InChI is InChI=1S/C19H23I3N2O6/c1-4-5-9-24(11(26)7-6-8-12(27)28)18-15(21)13(19(29)30)14(20)17(16(18)22)23(3)10(2)25/h4-9H2,1-3H3,(H,27,28)(H,29,30). The van der Waals surface area contributed by atoms with Crippen molar-refractivity contribution in [3.63, 3.8) is 0 Å². The summed E-state index contributed by atoms with van der Waals surface area (Å²) in [5.41, 5.74) is 0.928. The molecule has 11 heteroatoms. The number of aliphatic carboxylic acids is 1. The number of rotatable bonds is 10. The Kier molecular flexibility index (Phi) is 11.3. The van der Waals surface area contributed by atoms with Crippen molar-refractivity contribution in [3.05, 3.63) is 16.3 Å². The largest absolute Gasteiger partial charge is 0.481 e. The van der Waals surface area contributed by atoms with Crippen molar-refractivity contribution >= 4 is 103 Å². The van der Waals surface area contributed by atoms with Crippen LogP contribution in [-0.4, -0.2) is 47.6 Å². The second kappa shape index (κ2) is 12.4. The predicted molar refractivity (Wildman–Crippen MR) is 139 cm³/mol. The summed E-state index contributed by atoms with van der Waals surface area (Å²) in [7, 11) is 1.56. The quantitative estimate of drug-likeness (QED) is 0.339. The van der Waals surface area contributed by atoms with Gasteiger partial charge in [0, 0.05) is 33.4 Å². The van der Waals surface area contributed by atoms with Crippen molar-refractivity contribution in [2.75, 3.05) is 23.4 Å². The Morgan fingerprint density at radius 3 is 1.93 bits per heavy atom. The summed E-state index contributed by atoms with van der Waals surface area (Å²) in [6, 6.07) is 0. The molecule has 0 spiro atoms. The molecule has 0 heterocycles. The van der Waals surface area contributed by atoms with E-state index in [0.717, 1.165) is 6.42 Å². The molecular formula is C19H23I3N2O6. The van der Waals surface area contributed by atoms with Crippen LogP contribution in [0.2, 0.25) is 0 Å². The number of hydrogen-bond donors (Lipinski definition) is 2. The first-order valence-electron chi connectivity index (χ1n) is 9.15. The van der Waals surface area contributed by atoms with Gasteiger partial charge in [-0.25, -0.2) is 4.79 Å². The average Bonchev–Trinajstić information content (AvgIpc) is 2.63. The molecule has 1 aromatic rings. The van der Waals surface area contributed by atoms with Crippen LogP contribution >= 0.6 is 67.8 Å². The number of unbranched alkanes of at least 4 members (excludes halogenated alkanes) is 1. The van der Waals surface area contributed by atoms with Crippen LogP contribution in [0.3, 0.4) is 0 Å². The summed E-state index contributed by atoms with van der Waals surface area (Å²) in [6.07, 6.45) is 1.63. The molecule has 0 aromatic heterocycles. The zero-order valence-electron chi connectivity index (χ0n) is 16.8. The maximum atomic E-state index is 13.0. The van der Waals surface area contributed by atoms with E-state index in [1.807, 2.05) is 74.7 Å². The van der Waals surface area contributed by atoms with E-state index in [4.69, 9.17) is 5.11 Å². The van der Waals surface area contributed by atoms with Crippen LogP contribution in [0.1, 0.15) is 56.3 Å². The van der Waals surface area contributed by atoms with Crippen LogP contribution in [0.15, 0.2) is 0 Å². The molecule has 0 saturated carbocycles. The Hall–Kier alpha value is -0.710. The van der Waals surface area contributed by atoms with E-state index in [2.05, 4.69) is 0 Å². The van der Waals surface area contributed by atoms with Gasteiger partial charge in [0.15, 0.2) is 0 Å². The van der Waals surface area contributed by atoms with Crippen LogP contribution in [0.25, 0.3) is 0 Å². The number of anilines is 2. The zero-order valence-corrected chi connectivity index (χ0v) is 23.3. The van der Waals surface area contributed by atoms with Crippen LogP contribution in [-0.2, 0) is 14.4 Å². The van der Waals surface area contributed by atoms with Gasteiger partial charge in [-0.05, 0) is 80.6 Å². The summed E-state index contributed by atoms with van der Waals surface area (Å²) in [5, 5.41) is 18.7. The zero-order chi connectivity index (χ0) is 23.2. The highest BCUT2D eigenvalue weighted by atomic mass is 127. The first-order chi connectivity index (χ1) is 13.9. The van der Waals surface area contributed by atoms with Crippen molar-refractivity contribution in [3.8, 4) is 0 Å². The molecule has 0 unspecified atom stereocenters. The number of carbonyl (C=O) groups is 4. The molecule has 8 nitrogen and oxygen atoms in total. The normalized spacial score (nSPS) is 10.6. The lowest BCUT2D eigenvalue weighted by atomic mass is 10.1. The summed E-state index contributed by atoms with van der Waals surface area (Å²) in [5.74, 6) is -2.65. The van der Waals surface area contributed by atoms with Crippen molar-refractivity contribution in [1.29, 1.82) is 0 Å². The van der Waals surface area contributed by atoms with Gasteiger partial charge in [-0.1, -0.05) is 13.3 Å². The number of carbonyl (C=O) groups excluding carboxylic acids is 2. The van der Waals surface area contributed by atoms with Gasteiger partial charge in [0.1, 0.15) is 0 Å². The van der Waals surface area contributed by atoms with Crippen LogP contribution in [0, 0.1) is 10.7 Å². The van der Waals surface area contributed by atoms with Crippen molar-refractivity contribution < 1.29 is 29.4 Å². The molecule has 0 radical (unpaired) electrons. The molecule has 0 aliphatic heterocycles. The van der Waals surface area contributed by atoms with Crippen molar-refractivity contribution in [2.45, 2.75) is 46.0 Å². The minimum absolute atomic E-state index is 0.0362. The second-order valence-electron chi connectivity index (χ2n) is 6.54. The number of aromatic carboxylic acids is 1. The fourth-order valence-electron chi connectivity index (χ4n) is 2.72. The maximum absolute atomic E-state index is 13.0. The van der Waals surface area contributed by atoms with Gasteiger partial charge in [-0.15, -0.1) is 0 Å². The van der Waals surface area contributed by atoms with Crippen molar-refractivity contribution in [1.82, 2.24) is 0 Å². The number of amides is 2. The third kappa shape index (κ3) is 6.64. The second-order valence-corrected chi connectivity index (χ2v) is 9.78. The SMILES string of the molecule is CCCCN(C(=O)CCCC(=O)O)c1c(I)c(C(=O)O)c(I)c(N(C)C(C)=O)c1I. The summed E-state index contributed by atoms with van der Waals surface area (Å²) < 4.78 is 1.44. The van der Waals surface area contributed by atoms with E-state index < -0.39 is 11.9 Å². The molecule has 30 heavy (non-hydrogen) atoms. The smallest absolute Gasteiger partial charge is 0.338 e. The molecule has 2 N–H and O–H groups in total. The van der Waals surface area contributed by atoms with E-state index >= 15 is 0 Å². The molecule has 1 rings (SSSR count). The summed E-state index contributed by atoms with van der Waals surface area (Å²) in [4.78, 5) is 50.8. The number of halogens is 3. The van der Waals surface area contributed by atoms with Gasteiger partial charge >= 0.3 is 11.9 Å². The lowest BCUT2D eigenvalue weighted by molar-refractivity contribution is -0.137. The van der Waals surface area contributed by atoms with Crippen LogP contribution < -0.4 is 9.80 Å². The van der Waals surface area contributed by atoms with Gasteiger partial charge in [-0.2, -0.15) is 0 Å². The van der Waals surface area contributed by atoms with Crippen LogP contribution in [0.4, 0.5) is 11.4 Å². The van der Waals surface area contributed by atoms with Gasteiger partial charge in [-0.3, -0.25) is 14.4 Å². The lowest BCUT2D eigenvalue weighted by Crippen LogP contribution is -2.35. The van der Waals surface area contributed by atoms with Crippen LogP contribution in [0.5, 0.6) is 0 Å². The Bertz CT molecular complexity index is 859. The molecule has 0 aliphatic carbocycles. The molecule has 0 aliphatic rings. The third-order valence-corrected chi connectivity index (χ3v) is 7.50.